The number of amides is 1. The summed E-state index contributed by atoms with van der Waals surface area (Å²) in [4.78, 5) is 24.5. The number of carbonyl (C=O) groups is 1. The van der Waals surface area contributed by atoms with Crippen molar-refractivity contribution in [1.82, 2.24) is 4.90 Å². The van der Waals surface area contributed by atoms with Gasteiger partial charge in [0, 0.05) is 30.8 Å². The fourth-order valence-corrected chi connectivity index (χ4v) is 2.76. The molecule has 2 rings (SSSR count). The van der Waals surface area contributed by atoms with E-state index in [2.05, 4.69) is 0 Å². The Hall–Kier alpha value is -2.40. The molecule has 1 atom stereocenters. The van der Waals surface area contributed by atoms with Crippen LogP contribution in [-0.2, 0) is 0 Å². The predicted octanol–water partition coefficient (Wildman–Crippen LogP) is 4.41. The fraction of sp³-hybridized carbons (Fsp3) is 0.278. The van der Waals surface area contributed by atoms with Crippen molar-refractivity contribution in [2.45, 2.75) is 19.2 Å². The minimum Gasteiger partial charge on any atom is -0.339 e. The van der Waals surface area contributed by atoms with E-state index >= 15 is 0 Å². The van der Waals surface area contributed by atoms with Crippen molar-refractivity contribution in [3.05, 3.63) is 75.3 Å². The molecule has 0 heterocycles. The molecule has 0 radical (unpaired) electrons. The molecule has 0 aliphatic heterocycles. The minimum atomic E-state index is -0.512. The Bertz CT molecular complexity index is 727. The maximum Gasteiger partial charge on any atom is 0.269 e. The molecule has 2 aromatic rings. The Kier molecular flexibility index (Phi) is 5.93. The van der Waals surface area contributed by atoms with Crippen molar-refractivity contribution in [2.24, 2.45) is 0 Å². The van der Waals surface area contributed by atoms with Gasteiger partial charge in [-0.25, -0.2) is 0 Å². The van der Waals surface area contributed by atoms with Crippen LogP contribution in [0.5, 0.6) is 0 Å². The number of halogens is 1. The van der Waals surface area contributed by atoms with Gasteiger partial charge in [-0.05, 0) is 37.1 Å². The number of nitro benzene ring substituents is 1. The molecule has 24 heavy (non-hydrogen) atoms. The zero-order chi connectivity index (χ0) is 17.7. The lowest BCUT2D eigenvalue weighted by atomic mass is 10.0. The summed E-state index contributed by atoms with van der Waals surface area (Å²) in [7, 11) is 0. The van der Waals surface area contributed by atoms with E-state index in [4.69, 9.17) is 11.6 Å². The lowest BCUT2D eigenvalue weighted by Crippen LogP contribution is -2.30. The summed E-state index contributed by atoms with van der Waals surface area (Å²) in [5, 5.41) is 10.4. The molecule has 6 heteroatoms. The topological polar surface area (TPSA) is 63.5 Å². The Balaban J connectivity index is 2.22. The largest absolute Gasteiger partial charge is 0.339 e. The van der Waals surface area contributed by atoms with E-state index in [1.54, 1.807) is 41.3 Å². The quantitative estimate of drug-likeness (QED) is 0.442. The van der Waals surface area contributed by atoms with Crippen molar-refractivity contribution in [1.29, 1.82) is 0 Å². The van der Waals surface area contributed by atoms with Crippen molar-refractivity contribution < 1.29 is 9.72 Å². The molecule has 0 fully saturated rings. The first kappa shape index (κ1) is 17.9. The van der Waals surface area contributed by atoms with E-state index in [1.165, 1.54) is 12.1 Å². The highest BCUT2D eigenvalue weighted by Gasteiger charge is 2.16. The van der Waals surface area contributed by atoms with Crippen LogP contribution < -0.4 is 0 Å². The third-order valence-electron chi connectivity index (χ3n) is 3.87. The van der Waals surface area contributed by atoms with Crippen LogP contribution in [0.2, 0.25) is 0 Å². The van der Waals surface area contributed by atoms with E-state index in [9.17, 15) is 14.9 Å². The SMILES string of the molecule is CCN(CC)C(=O)c1ccc([C@@H](Cl)c2cccc([N+](=O)[O-])c2)cc1. The van der Waals surface area contributed by atoms with E-state index in [0.717, 1.165) is 5.56 Å². The highest BCUT2D eigenvalue weighted by Crippen LogP contribution is 2.30. The summed E-state index contributed by atoms with van der Waals surface area (Å²) >= 11 is 6.44. The van der Waals surface area contributed by atoms with Gasteiger partial charge in [0.05, 0.1) is 10.3 Å². The predicted molar refractivity (Wildman–Crippen MR) is 94.5 cm³/mol. The number of alkyl halides is 1. The van der Waals surface area contributed by atoms with Crippen molar-refractivity contribution >= 4 is 23.2 Å². The molecule has 0 saturated heterocycles. The van der Waals surface area contributed by atoms with Crippen molar-refractivity contribution in [3.8, 4) is 0 Å². The van der Waals surface area contributed by atoms with Crippen LogP contribution in [0.25, 0.3) is 0 Å². The second kappa shape index (κ2) is 7.93. The second-order valence-corrected chi connectivity index (χ2v) is 5.75. The van der Waals surface area contributed by atoms with Gasteiger partial charge in [-0.15, -0.1) is 11.6 Å². The first-order valence-corrected chi connectivity index (χ1v) is 8.19. The lowest BCUT2D eigenvalue weighted by Gasteiger charge is -2.19. The Morgan fingerprint density at radius 3 is 2.29 bits per heavy atom. The van der Waals surface area contributed by atoms with Gasteiger partial charge in [-0.2, -0.15) is 0 Å². The molecular weight excluding hydrogens is 328 g/mol. The van der Waals surface area contributed by atoms with Crippen LogP contribution in [0.3, 0.4) is 0 Å². The number of hydrogen-bond donors (Lipinski definition) is 0. The number of hydrogen-bond acceptors (Lipinski definition) is 3. The number of benzene rings is 2. The summed E-state index contributed by atoms with van der Waals surface area (Å²) in [5.74, 6) is -0.0204. The Labute approximate surface area is 146 Å². The van der Waals surface area contributed by atoms with E-state index in [1.807, 2.05) is 13.8 Å². The molecule has 0 unspecified atom stereocenters. The van der Waals surface area contributed by atoms with E-state index in [-0.39, 0.29) is 11.6 Å². The zero-order valence-electron chi connectivity index (χ0n) is 13.6. The van der Waals surface area contributed by atoms with Gasteiger partial charge < -0.3 is 4.90 Å². The standard InChI is InChI=1S/C18H19ClN2O3/c1-3-20(4-2)18(22)14-10-8-13(9-11-14)17(19)15-6-5-7-16(12-15)21(23)24/h5-12,17H,3-4H2,1-2H3/t17-/m1/s1. The number of nitrogens with zero attached hydrogens (tertiary/aromatic N) is 2. The summed E-state index contributed by atoms with van der Waals surface area (Å²) in [5.41, 5.74) is 2.04. The maximum atomic E-state index is 12.3. The third-order valence-corrected chi connectivity index (χ3v) is 4.38. The highest BCUT2D eigenvalue weighted by molar-refractivity contribution is 6.22. The summed E-state index contributed by atoms with van der Waals surface area (Å²) < 4.78 is 0. The Morgan fingerprint density at radius 2 is 1.75 bits per heavy atom. The van der Waals surface area contributed by atoms with Gasteiger partial charge >= 0.3 is 0 Å². The van der Waals surface area contributed by atoms with Crippen LogP contribution in [-0.4, -0.2) is 28.8 Å². The molecule has 0 saturated carbocycles. The average molecular weight is 347 g/mol. The molecule has 0 aliphatic carbocycles. The fourth-order valence-electron chi connectivity index (χ4n) is 2.48. The van der Waals surface area contributed by atoms with Crippen molar-refractivity contribution in [3.63, 3.8) is 0 Å². The monoisotopic (exact) mass is 346 g/mol. The van der Waals surface area contributed by atoms with Gasteiger partial charge in [0.1, 0.15) is 0 Å². The molecular formula is C18H19ClN2O3. The van der Waals surface area contributed by atoms with Gasteiger partial charge in [0.15, 0.2) is 0 Å². The number of rotatable bonds is 6. The van der Waals surface area contributed by atoms with Crippen LogP contribution >= 0.6 is 11.6 Å². The van der Waals surface area contributed by atoms with Gasteiger partial charge in [0.2, 0.25) is 0 Å². The summed E-state index contributed by atoms with van der Waals surface area (Å²) in [6.45, 7) is 5.19. The Morgan fingerprint density at radius 1 is 1.12 bits per heavy atom. The first-order valence-electron chi connectivity index (χ1n) is 7.75. The molecule has 2 aromatic carbocycles. The molecule has 126 valence electrons. The molecule has 0 spiro atoms. The van der Waals surface area contributed by atoms with E-state index < -0.39 is 10.3 Å². The third kappa shape index (κ3) is 3.92. The second-order valence-electron chi connectivity index (χ2n) is 5.31. The van der Waals surface area contributed by atoms with Gasteiger partial charge in [-0.1, -0.05) is 24.3 Å². The number of carbonyl (C=O) groups excluding carboxylic acids is 1. The van der Waals surface area contributed by atoms with Crippen molar-refractivity contribution in [2.75, 3.05) is 13.1 Å². The molecule has 0 N–H and O–H groups in total. The van der Waals surface area contributed by atoms with Crippen LogP contribution in [0.15, 0.2) is 48.5 Å². The molecule has 5 nitrogen and oxygen atoms in total. The van der Waals surface area contributed by atoms with Crippen LogP contribution in [0, 0.1) is 10.1 Å². The molecule has 0 aromatic heterocycles. The first-order chi connectivity index (χ1) is 11.5. The molecule has 0 bridgehead atoms. The minimum absolute atomic E-state index is 0.00600. The molecule has 1 amide bonds. The summed E-state index contributed by atoms with van der Waals surface area (Å²) in [6.07, 6.45) is 0. The molecule has 0 aliphatic rings. The number of non-ortho nitro benzene ring substituents is 1. The van der Waals surface area contributed by atoms with Gasteiger partial charge in [0.25, 0.3) is 11.6 Å². The highest BCUT2D eigenvalue weighted by atomic mass is 35.5. The van der Waals surface area contributed by atoms with Crippen LogP contribution in [0.1, 0.15) is 40.7 Å². The van der Waals surface area contributed by atoms with Crippen LogP contribution in [0.4, 0.5) is 5.69 Å². The zero-order valence-corrected chi connectivity index (χ0v) is 14.4. The van der Waals surface area contributed by atoms with E-state index in [0.29, 0.717) is 24.2 Å². The summed E-state index contributed by atoms with van der Waals surface area (Å²) in [6, 6.07) is 13.3. The number of nitro groups is 1. The maximum absolute atomic E-state index is 12.3. The van der Waals surface area contributed by atoms with Gasteiger partial charge in [-0.3, -0.25) is 14.9 Å². The smallest absolute Gasteiger partial charge is 0.269 e. The lowest BCUT2D eigenvalue weighted by molar-refractivity contribution is -0.384. The normalized spacial score (nSPS) is 11.8. The average Bonchev–Trinajstić information content (AvgIpc) is 2.62.